The molecule has 0 radical (unpaired) electrons. The predicted octanol–water partition coefficient (Wildman–Crippen LogP) is 6.03. The topological polar surface area (TPSA) is 64.6 Å². The molecule has 0 saturated carbocycles. The quantitative estimate of drug-likeness (QED) is 0.384. The van der Waals surface area contributed by atoms with Gasteiger partial charge in [-0.25, -0.2) is 4.79 Å². The van der Waals surface area contributed by atoms with Crippen LogP contribution >= 0.6 is 0 Å². The smallest absolute Gasteiger partial charge is 0.407 e. The van der Waals surface area contributed by atoms with E-state index in [4.69, 9.17) is 9.47 Å². The number of amides is 1. The highest BCUT2D eigenvalue weighted by Crippen LogP contribution is 2.33. The summed E-state index contributed by atoms with van der Waals surface area (Å²) in [6.07, 6.45) is 6.38. The monoisotopic (exact) mass is 429 g/mol. The molecule has 31 heavy (non-hydrogen) atoms. The van der Waals surface area contributed by atoms with Crippen molar-refractivity contribution in [2.24, 2.45) is 5.41 Å². The van der Waals surface area contributed by atoms with E-state index in [0.29, 0.717) is 19.4 Å². The number of hydrogen-bond donors (Lipinski definition) is 1. The number of Topliss-reactive ketones (excluding diaryl/α,β-unsaturated/α-hetero) is 1. The van der Waals surface area contributed by atoms with Crippen molar-refractivity contribution in [1.29, 1.82) is 0 Å². The highest BCUT2D eigenvalue weighted by atomic mass is 16.6. The van der Waals surface area contributed by atoms with E-state index in [2.05, 4.69) is 25.7 Å². The number of allylic oxidation sites excluding steroid dienone is 1. The number of alkyl carbamates (subject to hydrolysis) is 1. The van der Waals surface area contributed by atoms with Crippen molar-refractivity contribution in [3.05, 3.63) is 41.5 Å². The van der Waals surface area contributed by atoms with Gasteiger partial charge in [0.1, 0.15) is 11.4 Å². The molecule has 1 aromatic carbocycles. The van der Waals surface area contributed by atoms with Crippen molar-refractivity contribution in [2.75, 3.05) is 6.61 Å². The van der Waals surface area contributed by atoms with Crippen LogP contribution in [0.5, 0.6) is 5.75 Å². The minimum atomic E-state index is -0.510. The average molecular weight is 430 g/mol. The Morgan fingerprint density at radius 2 is 1.94 bits per heavy atom. The lowest BCUT2D eigenvalue weighted by Gasteiger charge is -2.33. The first-order chi connectivity index (χ1) is 14.4. The van der Waals surface area contributed by atoms with E-state index in [-0.39, 0.29) is 23.3 Å². The van der Waals surface area contributed by atoms with Crippen molar-refractivity contribution in [3.8, 4) is 5.75 Å². The van der Waals surface area contributed by atoms with Crippen LogP contribution in [-0.2, 0) is 17.6 Å². The third-order valence-electron chi connectivity index (χ3n) is 6.00. The van der Waals surface area contributed by atoms with Crippen molar-refractivity contribution in [1.82, 2.24) is 5.32 Å². The Labute approximate surface area is 187 Å². The van der Waals surface area contributed by atoms with Crippen LogP contribution in [0, 0.1) is 5.41 Å². The average Bonchev–Trinajstić information content (AvgIpc) is 2.65. The van der Waals surface area contributed by atoms with E-state index in [9.17, 15) is 9.59 Å². The number of ether oxygens (including phenoxy) is 2. The van der Waals surface area contributed by atoms with Gasteiger partial charge in [0.25, 0.3) is 0 Å². The molecule has 1 amide bonds. The van der Waals surface area contributed by atoms with E-state index in [1.54, 1.807) is 0 Å². The maximum absolute atomic E-state index is 12.2. The summed E-state index contributed by atoms with van der Waals surface area (Å²) in [5.74, 6) is 1.08. The second kappa shape index (κ2) is 10.3. The molecule has 2 rings (SSSR count). The Hall–Kier alpha value is -2.30. The zero-order valence-corrected chi connectivity index (χ0v) is 20.1. The van der Waals surface area contributed by atoms with Crippen LogP contribution in [0.4, 0.5) is 4.79 Å². The Bertz CT molecular complexity index is 804. The first-order valence-corrected chi connectivity index (χ1v) is 11.4. The molecule has 0 bridgehead atoms. The highest BCUT2D eigenvalue weighted by molar-refractivity contribution is 5.99. The molecule has 1 aliphatic carbocycles. The summed E-state index contributed by atoms with van der Waals surface area (Å²) in [6.45, 7) is 16.3. The second-order valence-electron chi connectivity index (χ2n) is 10.1. The van der Waals surface area contributed by atoms with E-state index in [1.807, 2.05) is 45.9 Å². The van der Waals surface area contributed by atoms with Crippen molar-refractivity contribution < 1.29 is 19.1 Å². The number of carbonyl (C=O) groups is 2. The molecule has 0 fully saturated rings. The molecular weight excluding hydrogens is 390 g/mol. The largest absolute Gasteiger partial charge is 0.493 e. The van der Waals surface area contributed by atoms with Crippen LogP contribution in [0.25, 0.3) is 0 Å². The van der Waals surface area contributed by atoms with E-state index < -0.39 is 5.60 Å². The number of carbonyl (C=O) groups excluding carboxylic acids is 2. The van der Waals surface area contributed by atoms with Gasteiger partial charge in [-0.1, -0.05) is 19.9 Å². The summed E-state index contributed by atoms with van der Waals surface area (Å²) >= 11 is 0. The number of benzene rings is 1. The van der Waals surface area contributed by atoms with Gasteiger partial charge in [-0.15, -0.1) is 6.58 Å². The summed E-state index contributed by atoms with van der Waals surface area (Å²) in [7, 11) is 0. The molecule has 0 saturated heterocycles. The first-order valence-electron chi connectivity index (χ1n) is 11.4. The van der Waals surface area contributed by atoms with E-state index in [1.165, 1.54) is 0 Å². The summed E-state index contributed by atoms with van der Waals surface area (Å²) in [6, 6.07) is 3.81. The molecule has 0 heterocycles. The molecule has 0 aliphatic heterocycles. The van der Waals surface area contributed by atoms with Crippen LogP contribution in [0.3, 0.4) is 0 Å². The summed E-state index contributed by atoms with van der Waals surface area (Å²) in [4.78, 5) is 24.3. The lowest BCUT2D eigenvalue weighted by Crippen LogP contribution is -2.45. The number of nitrogens with one attached hydrogen (secondary N) is 1. The number of ketones is 1. The lowest BCUT2D eigenvalue weighted by molar-refractivity contribution is 0.0459. The van der Waals surface area contributed by atoms with Crippen molar-refractivity contribution >= 4 is 11.9 Å². The summed E-state index contributed by atoms with van der Waals surface area (Å²) in [5.41, 5.74) is 2.46. The van der Waals surface area contributed by atoms with Gasteiger partial charge < -0.3 is 14.8 Å². The Morgan fingerprint density at radius 3 is 2.58 bits per heavy atom. The van der Waals surface area contributed by atoms with Crippen LogP contribution in [0.15, 0.2) is 24.8 Å². The number of fused-ring (bicyclic) bond motifs is 1. The zero-order valence-electron chi connectivity index (χ0n) is 20.1. The SMILES string of the molecule is C=CCc1c(OCCCC(C)(C)C(C)NC(=O)OC(C)(C)C)ccc2c1CCCC2=O. The maximum Gasteiger partial charge on any atom is 0.407 e. The van der Waals surface area contributed by atoms with Crippen LogP contribution in [0.2, 0.25) is 0 Å². The molecule has 0 spiro atoms. The normalized spacial score (nSPS) is 15.1. The van der Waals surface area contributed by atoms with Crippen LogP contribution in [0.1, 0.15) is 88.7 Å². The van der Waals surface area contributed by atoms with Crippen LogP contribution < -0.4 is 10.1 Å². The van der Waals surface area contributed by atoms with Gasteiger partial charge in [-0.05, 0) is 82.9 Å². The molecule has 1 atom stereocenters. The second-order valence-corrected chi connectivity index (χ2v) is 10.1. The maximum atomic E-state index is 12.2. The summed E-state index contributed by atoms with van der Waals surface area (Å²) < 4.78 is 11.5. The molecule has 5 heteroatoms. The fourth-order valence-corrected chi connectivity index (χ4v) is 3.89. The molecule has 1 aliphatic rings. The summed E-state index contributed by atoms with van der Waals surface area (Å²) in [5, 5.41) is 2.95. The lowest BCUT2D eigenvalue weighted by atomic mass is 9.81. The fourth-order valence-electron chi connectivity index (χ4n) is 3.89. The minimum absolute atomic E-state index is 0.0339. The predicted molar refractivity (Wildman–Crippen MR) is 125 cm³/mol. The van der Waals surface area contributed by atoms with Gasteiger partial charge >= 0.3 is 6.09 Å². The van der Waals surface area contributed by atoms with Gasteiger partial charge in [0.05, 0.1) is 6.61 Å². The van der Waals surface area contributed by atoms with Crippen molar-refractivity contribution in [3.63, 3.8) is 0 Å². The molecule has 1 aromatic rings. The Balaban J connectivity index is 1.93. The van der Waals surface area contributed by atoms with Gasteiger partial charge in [-0.2, -0.15) is 0 Å². The van der Waals surface area contributed by atoms with Gasteiger partial charge in [-0.3, -0.25) is 4.79 Å². The first kappa shape index (κ1) is 25.0. The molecule has 5 nitrogen and oxygen atoms in total. The van der Waals surface area contributed by atoms with Gasteiger partial charge in [0, 0.05) is 23.6 Å². The zero-order chi connectivity index (χ0) is 23.2. The third kappa shape index (κ3) is 7.12. The Kier molecular flexibility index (Phi) is 8.33. The van der Waals surface area contributed by atoms with Gasteiger partial charge in [0.2, 0.25) is 0 Å². The van der Waals surface area contributed by atoms with Gasteiger partial charge in [0.15, 0.2) is 5.78 Å². The fraction of sp³-hybridized carbons (Fsp3) is 0.615. The van der Waals surface area contributed by atoms with Crippen molar-refractivity contribution in [2.45, 2.75) is 91.7 Å². The Morgan fingerprint density at radius 1 is 1.23 bits per heavy atom. The molecule has 1 N–H and O–H groups in total. The van der Waals surface area contributed by atoms with Crippen LogP contribution in [-0.4, -0.2) is 30.1 Å². The molecular formula is C26H39NO4. The standard InChI is InChI=1S/C26H39NO4/c1-8-11-21-19-12-9-13-22(28)20(19)14-15-23(21)30-17-10-16-26(6,7)18(2)27-24(29)31-25(3,4)5/h8,14-15,18H,1,9-13,16-17H2,2-7H3,(H,27,29). The molecule has 172 valence electrons. The van der Waals surface area contributed by atoms with E-state index >= 15 is 0 Å². The minimum Gasteiger partial charge on any atom is -0.493 e. The van der Waals surface area contributed by atoms with E-state index in [0.717, 1.165) is 48.1 Å². The number of hydrogen-bond acceptors (Lipinski definition) is 4. The highest BCUT2D eigenvalue weighted by Gasteiger charge is 2.29. The third-order valence-corrected chi connectivity index (χ3v) is 6.00. The number of rotatable bonds is 9. The molecule has 1 unspecified atom stereocenters. The molecule has 0 aromatic heterocycles.